The largest absolute Gasteiger partial charge is 0.399 e. The molecule has 1 rings (SSSR count). The lowest BCUT2D eigenvalue weighted by atomic mass is 9.73. The Labute approximate surface area is 109 Å². The van der Waals surface area contributed by atoms with E-state index in [-0.39, 0.29) is 5.75 Å². The molecule has 0 aromatic carbocycles. The summed E-state index contributed by atoms with van der Waals surface area (Å²) < 4.78 is 31.4. The Kier molecular flexibility index (Phi) is 4.25. The van der Waals surface area contributed by atoms with Crippen LogP contribution < -0.4 is 11.5 Å². The van der Waals surface area contributed by atoms with Crippen molar-refractivity contribution >= 4 is 10.1 Å². The zero-order valence-corrected chi connectivity index (χ0v) is 11.9. The van der Waals surface area contributed by atoms with Crippen LogP contribution in [0.3, 0.4) is 0 Å². The summed E-state index contributed by atoms with van der Waals surface area (Å²) in [6, 6.07) is -0.486. The third kappa shape index (κ3) is 2.93. The SMILES string of the molecule is CCC1=CC(C)(CS(=O)(=O)O)C(N)C(CC)=C1N. The molecule has 0 amide bonds. The van der Waals surface area contributed by atoms with Crippen molar-refractivity contribution in [3.63, 3.8) is 0 Å². The number of hydrogen-bond donors (Lipinski definition) is 3. The lowest BCUT2D eigenvalue weighted by molar-refractivity contribution is 0.374. The molecule has 18 heavy (non-hydrogen) atoms. The molecule has 5 nitrogen and oxygen atoms in total. The highest BCUT2D eigenvalue weighted by Gasteiger charge is 2.39. The lowest BCUT2D eigenvalue weighted by Crippen LogP contribution is -2.47. The van der Waals surface area contributed by atoms with Gasteiger partial charge in [0.15, 0.2) is 0 Å². The maximum atomic E-state index is 11.1. The van der Waals surface area contributed by atoms with Crippen LogP contribution in [0, 0.1) is 5.41 Å². The Hall–Kier alpha value is -0.850. The van der Waals surface area contributed by atoms with E-state index in [9.17, 15) is 8.42 Å². The van der Waals surface area contributed by atoms with Gasteiger partial charge >= 0.3 is 0 Å². The molecule has 0 fully saturated rings. The summed E-state index contributed by atoms with van der Waals surface area (Å²) in [5, 5.41) is 0. The van der Waals surface area contributed by atoms with Crippen molar-refractivity contribution in [2.75, 3.05) is 5.75 Å². The van der Waals surface area contributed by atoms with Crippen LogP contribution in [0.25, 0.3) is 0 Å². The molecule has 0 radical (unpaired) electrons. The summed E-state index contributed by atoms with van der Waals surface area (Å²) in [7, 11) is -4.08. The van der Waals surface area contributed by atoms with E-state index in [0.29, 0.717) is 18.5 Å². The van der Waals surface area contributed by atoms with E-state index < -0.39 is 21.6 Å². The Morgan fingerprint density at radius 2 is 1.94 bits per heavy atom. The highest BCUT2D eigenvalue weighted by Crippen LogP contribution is 2.38. The van der Waals surface area contributed by atoms with Gasteiger partial charge in [0.05, 0.1) is 5.75 Å². The van der Waals surface area contributed by atoms with Gasteiger partial charge in [-0.15, -0.1) is 0 Å². The van der Waals surface area contributed by atoms with E-state index in [0.717, 1.165) is 11.1 Å². The molecule has 0 aromatic heterocycles. The molecule has 5 N–H and O–H groups in total. The average Bonchev–Trinajstić information content (AvgIpc) is 2.22. The van der Waals surface area contributed by atoms with E-state index in [1.54, 1.807) is 13.0 Å². The molecular weight excluding hydrogens is 252 g/mol. The number of rotatable bonds is 4. The van der Waals surface area contributed by atoms with Crippen molar-refractivity contribution in [1.82, 2.24) is 0 Å². The van der Waals surface area contributed by atoms with E-state index in [4.69, 9.17) is 16.0 Å². The van der Waals surface area contributed by atoms with Crippen LogP contribution >= 0.6 is 0 Å². The molecule has 1 aliphatic carbocycles. The highest BCUT2D eigenvalue weighted by molar-refractivity contribution is 7.85. The van der Waals surface area contributed by atoms with Crippen LogP contribution in [-0.2, 0) is 10.1 Å². The Morgan fingerprint density at radius 3 is 2.33 bits per heavy atom. The molecule has 0 heterocycles. The summed E-state index contributed by atoms with van der Waals surface area (Å²) in [6.45, 7) is 5.63. The first-order valence-corrected chi connectivity index (χ1v) is 7.67. The van der Waals surface area contributed by atoms with Crippen LogP contribution in [0.15, 0.2) is 22.9 Å². The van der Waals surface area contributed by atoms with Crippen molar-refractivity contribution in [3.05, 3.63) is 22.9 Å². The maximum absolute atomic E-state index is 11.1. The quantitative estimate of drug-likeness (QED) is 0.667. The monoisotopic (exact) mass is 274 g/mol. The van der Waals surface area contributed by atoms with Gasteiger partial charge in [0.2, 0.25) is 0 Å². The second kappa shape index (κ2) is 5.03. The van der Waals surface area contributed by atoms with Crippen molar-refractivity contribution in [3.8, 4) is 0 Å². The number of hydrogen-bond acceptors (Lipinski definition) is 4. The average molecular weight is 274 g/mol. The van der Waals surface area contributed by atoms with Crippen LogP contribution in [0.2, 0.25) is 0 Å². The molecule has 2 atom stereocenters. The number of allylic oxidation sites excluding steroid dienone is 1. The molecule has 0 aromatic rings. The summed E-state index contributed by atoms with van der Waals surface area (Å²) in [6.07, 6.45) is 3.18. The maximum Gasteiger partial charge on any atom is 0.265 e. The molecular formula is C12H22N2O3S. The minimum absolute atomic E-state index is 0.387. The van der Waals surface area contributed by atoms with Crippen molar-refractivity contribution in [2.24, 2.45) is 16.9 Å². The van der Waals surface area contributed by atoms with Gasteiger partial charge in [0.25, 0.3) is 10.1 Å². The Balaban J connectivity index is 3.29. The van der Waals surface area contributed by atoms with Crippen LogP contribution in [-0.4, -0.2) is 24.8 Å². The topological polar surface area (TPSA) is 106 Å². The second-order valence-corrected chi connectivity index (χ2v) is 6.48. The fraction of sp³-hybridized carbons (Fsp3) is 0.667. The standard InChI is InChI=1S/C12H22N2O3S/c1-4-8-6-12(3,7-18(15,16)17)11(14)9(5-2)10(8)13/h6,11H,4-5,7,13-14H2,1-3H3,(H,15,16,17). The van der Waals surface area contributed by atoms with Crippen LogP contribution in [0.1, 0.15) is 33.6 Å². The molecule has 104 valence electrons. The summed E-state index contributed by atoms with van der Waals surface area (Å²) in [5.74, 6) is -0.387. The zero-order valence-electron chi connectivity index (χ0n) is 11.1. The Morgan fingerprint density at radius 1 is 1.39 bits per heavy atom. The van der Waals surface area contributed by atoms with E-state index in [2.05, 4.69) is 0 Å². The molecule has 0 saturated carbocycles. The molecule has 0 bridgehead atoms. The van der Waals surface area contributed by atoms with Gasteiger partial charge in [0.1, 0.15) is 0 Å². The first-order chi connectivity index (χ1) is 8.14. The normalized spacial score (nSPS) is 29.4. The first-order valence-electron chi connectivity index (χ1n) is 6.06. The third-order valence-electron chi connectivity index (χ3n) is 3.54. The molecule has 0 aliphatic heterocycles. The minimum Gasteiger partial charge on any atom is -0.399 e. The van der Waals surface area contributed by atoms with Crippen molar-refractivity contribution in [2.45, 2.75) is 39.7 Å². The van der Waals surface area contributed by atoms with Gasteiger partial charge in [-0.1, -0.05) is 26.8 Å². The van der Waals surface area contributed by atoms with Crippen LogP contribution in [0.5, 0.6) is 0 Å². The molecule has 0 saturated heterocycles. The van der Waals surface area contributed by atoms with Gasteiger partial charge in [0, 0.05) is 17.2 Å². The molecule has 0 spiro atoms. The molecule has 6 heteroatoms. The van der Waals surface area contributed by atoms with Crippen molar-refractivity contribution < 1.29 is 13.0 Å². The van der Waals surface area contributed by atoms with Gasteiger partial charge in [-0.05, 0) is 24.0 Å². The predicted octanol–water partition coefficient (Wildman–Crippen LogP) is 1.18. The number of nitrogens with two attached hydrogens (primary N) is 2. The summed E-state index contributed by atoms with van der Waals surface area (Å²) in [5.41, 5.74) is 13.8. The third-order valence-corrected chi connectivity index (χ3v) is 4.52. The first kappa shape index (κ1) is 15.2. The fourth-order valence-corrected chi connectivity index (χ4v) is 3.61. The fourth-order valence-electron chi connectivity index (χ4n) is 2.56. The van der Waals surface area contributed by atoms with Gasteiger partial charge < -0.3 is 11.5 Å². The van der Waals surface area contributed by atoms with Crippen LogP contribution in [0.4, 0.5) is 0 Å². The lowest BCUT2D eigenvalue weighted by Gasteiger charge is -2.38. The molecule has 1 aliphatic rings. The smallest absolute Gasteiger partial charge is 0.265 e. The summed E-state index contributed by atoms with van der Waals surface area (Å²) in [4.78, 5) is 0. The Bertz CT molecular complexity index is 493. The van der Waals surface area contributed by atoms with E-state index >= 15 is 0 Å². The second-order valence-electron chi connectivity index (χ2n) is 5.03. The van der Waals surface area contributed by atoms with Gasteiger partial charge in [-0.3, -0.25) is 4.55 Å². The minimum atomic E-state index is -4.08. The molecule has 2 unspecified atom stereocenters. The van der Waals surface area contributed by atoms with E-state index in [1.807, 2.05) is 13.8 Å². The van der Waals surface area contributed by atoms with Gasteiger partial charge in [-0.25, -0.2) is 0 Å². The summed E-state index contributed by atoms with van der Waals surface area (Å²) >= 11 is 0. The van der Waals surface area contributed by atoms with Crippen molar-refractivity contribution in [1.29, 1.82) is 0 Å². The van der Waals surface area contributed by atoms with Gasteiger partial charge in [-0.2, -0.15) is 8.42 Å². The van der Waals surface area contributed by atoms with E-state index in [1.165, 1.54) is 0 Å². The zero-order chi connectivity index (χ0) is 14.1. The predicted molar refractivity (Wildman–Crippen MR) is 72.4 cm³/mol. The highest BCUT2D eigenvalue weighted by atomic mass is 32.2.